The lowest BCUT2D eigenvalue weighted by atomic mass is 10.1. The lowest BCUT2D eigenvalue weighted by Gasteiger charge is -2.07. The molecule has 0 aromatic carbocycles. The fourth-order valence-corrected chi connectivity index (χ4v) is 3.10. The smallest absolute Gasteiger partial charge is 0.341 e. The van der Waals surface area contributed by atoms with Crippen LogP contribution in [0.3, 0.4) is 0 Å². The van der Waals surface area contributed by atoms with Gasteiger partial charge in [-0.3, -0.25) is 9.59 Å². The highest BCUT2D eigenvalue weighted by Gasteiger charge is 2.21. The summed E-state index contributed by atoms with van der Waals surface area (Å²) in [5.41, 5.74) is 1.15. The number of ether oxygens (including phenoxy) is 1. The zero-order valence-corrected chi connectivity index (χ0v) is 14.4. The highest BCUT2D eigenvalue weighted by Crippen LogP contribution is 2.32. The fraction of sp³-hybridized carbons (Fsp3) is 0.312. The molecule has 0 radical (unpaired) electrons. The van der Waals surface area contributed by atoms with Gasteiger partial charge in [0.2, 0.25) is 5.91 Å². The molecular weight excluding hydrogens is 332 g/mol. The van der Waals surface area contributed by atoms with E-state index in [1.165, 1.54) is 30.8 Å². The molecule has 2 aromatic rings. The second kappa shape index (κ2) is 7.78. The second-order valence-electron chi connectivity index (χ2n) is 5.01. The molecule has 0 atom stereocenters. The number of thiophene rings is 1. The SMILES string of the molecule is COC(=O)c1c(NC(=O)CCNC(=O)c2ccco2)sc(C)c1C. The molecular formula is C16H18N2O5S. The van der Waals surface area contributed by atoms with E-state index in [4.69, 9.17) is 9.15 Å². The molecule has 2 amide bonds. The molecule has 0 bridgehead atoms. The number of amides is 2. The van der Waals surface area contributed by atoms with Crippen LogP contribution < -0.4 is 10.6 Å². The van der Waals surface area contributed by atoms with Gasteiger partial charge in [-0.1, -0.05) is 0 Å². The first-order valence-corrected chi connectivity index (χ1v) is 8.05. The Morgan fingerprint density at radius 2 is 2.04 bits per heavy atom. The van der Waals surface area contributed by atoms with Gasteiger partial charge in [0.1, 0.15) is 5.00 Å². The molecule has 0 aliphatic heterocycles. The number of methoxy groups -OCH3 is 1. The van der Waals surface area contributed by atoms with Gasteiger partial charge < -0.3 is 19.8 Å². The van der Waals surface area contributed by atoms with Crippen LogP contribution in [0.1, 0.15) is 37.8 Å². The van der Waals surface area contributed by atoms with Crippen LogP contribution >= 0.6 is 11.3 Å². The molecule has 0 saturated carbocycles. The van der Waals surface area contributed by atoms with Gasteiger partial charge in [-0.15, -0.1) is 11.3 Å². The van der Waals surface area contributed by atoms with E-state index in [0.717, 1.165) is 10.4 Å². The van der Waals surface area contributed by atoms with Crippen molar-refractivity contribution in [1.82, 2.24) is 5.32 Å². The second-order valence-corrected chi connectivity index (χ2v) is 6.24. The number of furan rings is 1. The minimum absolute atomic E-state index is 0.0725. The normalized spacial score (nSPS) is 10.3. The maximum absolute atomic E-state index is 12.0. The van der Waals surface area contributed by atoms with Gasteiger partial charge in [-0.25, -0.2) is 4.79 Å². The molecule has 0 aliphatic rings. The predicted octanol–water partition coefficient (Wildman–Crippen LogP) is 2.50. The van der Waals surface area contributed by atoms with Crippen molar-refractivity contribution in [1.29, 1.82) is 0 Å². The van der Waals surface area contributed by atoms with E-state index in [0.29, 0.717) is 10.6 Å². The molecule has 2 rings (SSSR count). The summed E-state index contributed by atoms with van der Waals surface area (Å²) in [4.78, 5) is 36.5. The number of aryl methyl sites for hydroxylation is 1. The molecule has 2 aromatic heterocycles. The third-order valence-corrected chi connectivity index (χ3v) is 4.53. The van der Waals surface area contributed by atoms with E-state index in [2.05, 4.69) is 10.6 Å². The predicted molar refractivity (Wildman–Crippen MR) is 89.4 cm³/mol. The van der Waals surface area contributed by atoms with Gasteiger partial charge in [0.25, 0.3) is 5.91 Å². The van der Waals surface area contributed by atoms with Crippen LogP contribution in [0.5, 0.6) is 0 Å². The summed E-state index contributed by atoms with van der Waals surface area (Å²) >= 11 is 1.32. The summed E-state index contributed by atoms with van der Waals surface area (Å²) in [5, 5.41) is 5.74. The zero-order chi connectivity index (χ0) is 17.7. The molecule has 0 fully saturated rings. The molecule has 2 heterocycles. The summed E-state index contributed by atoms with van der Waals surface area (Å²) in [6.07, 6.45) is 1.47. The van der Waals surface area contributed by atoms with Crippen molar-refractivity contribution >= 4 is 34.1 Å². The van der Waals surface area contributed by atoms with Gasteiger partial charge >= 0.3 is 5.97 Å². The maximum Gasteiger partial charge on any atom is 0.341 e. The Morgan fingerprint density at radius 1 is 1.29 bits per heavy atom. The van der Waals surface area contributed by atoms with E-state index < -0.39 is 5.97 Å². The molecule has 24 heavy (non-hydrogen) atoms. The van der Waals surface area contributed by atoms with Crippen LogP contribution in [0.25, 0.3) is 0 Å². The standard InChI is InChI=1S/C16H18N2O5S/c1-9-10(2)24-15(13(9)16(21)22-3)18-12(19)6-7-17-14(20)11-5-4-8-23-11/h4-5,8H,6-7H2,1-3H3,(H,17,20)(H,18,19). The fourth-order valence-electron chi connectivity index (χ4n) is 2.04. The van der Waals surface area contributed by atoms with E-state index in [-0.39, 0.29) is 30.5 Å². The summed E-state index contributed by atoms with van der Waals surface area (Å²) < 4.78 is 9.71. The van der Waals surface area contributed by atoms with E-state index in [1.807, 2.05) is 6.92 Å². The number of hydrogen-bond acceptors (Lipinski definition) is 6. The number of carbonyl (C=O) groups excluding carboxylic acids is 3. The van der Waals surface area contributed by atoms with Crippen LogP contribution in [0.2, 0.25) is 0 Å². The van der Waals surface area contributed by atoms with Crippen LogP contribution in [0, 0.1) is 13.8 Å². The minimum Gasteiger partial charge on any atom is -0.465 e. The molecule has 0 aliphatic carbocycles. The summed E-state index contributed by atoms with van der Waals surface area (Å²) in [6.45, 7) is 3.82. The number of nitrogens with one attached hydrogen (secondary N) is 2. The number of hydrogen-bond donors (Lipinski definition) is 2. The summed E-state index contributed by atoms with van der Waals surface area (Å²) in [5.74, 6) is -0.988. The average molecular weight is 350 g/mol. The third kappa shape index (κ3) is 4.02. The van der Waals surface area contributed by atoms with Crippen molar-refractivity contribution in [2.24, 2.45) is 0 Å². The van der Waals surface area contributed by atoms with E-state index in [1.54, 1.807) is 13.0 Å². The first-order valence-electron chi connectivity index (χ1n) is 7.24. The van der Waals surface area contributed by atoms with Crippen molar-refractivity contribution in [2.75, 3.05) is 19.0 Å². The molecule has 0 unspecified atom stereocenters. The Hall–Kier alpha value is -2.61. The molecule has 2 N–H and O–H groups in total. The topological polar surface area (TPSA) is 97.6 Å². The zero-order valence-electron chi connectivity index (χ0n) is 13.6. The molecule has 0 spiro atoms. The first-order chi connectivity index (χ1) is 11.4. The van der Waals surface area contributed by atoms with Gasteiger partial charge in [-0.05, 0) is 31.5 Å². The van der Waals surface area contributed by atoms with Crippen LogP contribution in [-0.4, -0.2) is 31.4 Å². The van der Waals surface area contributed by atoms with Crippen molar-refractivity contribution < 1.29 is 23.5 Å². The van der Waals surface area contributed by atoms with Crippen LogP contribution in [0.4, 0.5) is 5.00 Å². The molecule has 7 nitrogen and oxygen atoms in total. The number of anilines is 1. The average Bonchev–Trinajstić information content (AvgIpc) is 3.16. The van der Waals surface area contributed by atoms with Crippen LogP contribution in [-0.2, 0) is 9.53 Å². The Bertz CT molecular complexity index is 749. The number of rotatable bonds is 6. The third-order valence-electron chi connectivity index (χ3n) is 3.41. The number of esters is 1. The first kappa shape index (κ1) is 17.7. The lowest BCUT2D eigenvalue weighted by molar-refractivity contribution is -0.116. The Kier molecular flexibility index (Phi) is 5.75. The highest BCUT2D eigenvalue weighted by atomic mass is 32.1. The Morgan fingerprint density at radius 3 is 2.67 bits per heavy atom. The highest BCUT2D eigenvalue weighted by molar-refractivity contribution is 7.16. The molecule has 8 heteroatoms. The molecule has 128 valence electrons. The Labute approximate surface area is 143 Å². The van der Waals surface area contributed by atoms with E-state index >= 15 is 0 Å². The lowest BCUT2D eigenvalue weighted by Crippen LogP contribution is -2.27. The van der Waals surface area contributed by atoms with Crippen molar-refractivity contribution in [3.8, 4) is 0 Å². The van der Waals surface area contributed by atoms with Crippen molar-refractivity contribution in [3.05, 3.63) is 40.2 Å². The summed E-state index contributed by atoms with van der Waals surface area (Å²) in [6, 6.07) is 3.15. The van der Waals surface area contributed by atoms with Gasteiger partial charge in [0, 0.05) is 17.8 Å². The van der Waals surface area contributed by atoms with Gasteiger partial charge in [0.05, 0.1) is 18.9 Å². The number of carbonyl (C=O) groups is 3. The van der Waals surface area contributed by atoms with E-state index in [9.17, 15) is 14.4 Å². The Balaban J connectivity index is 1.92. The minimum atomic E-state index is -0.488. The van der Waals surface area contributed by atoms with Crippen molar-refractivity contribution in [3.63, 3.8) is 0 Å². The maximum atomic E-state index is 12.0. The quantitative estimate of drug-likeness (QED) is 0.780. The largest absolute Gasteiger partial charge is 0.465 e. The summed E-state index contributed by atoms with van der Waals surface area (Å²) in [7, 11) is 1.30. The van der Waals surface area contributed by atoms with Crippen LogP contribution in [0.15, 0.2) is 22.8 Å². The van der Waals surface area contributed by atoms with Gasteiger partial charge in [0.15, 0.2) is 5.76 Å². The van der Waals surface area contributed by atoms with Crippen molar-refractivity contribution in [2.45, 2.75) is 20.3 Å². The van der Waals surface area contributed by atoms with Gasteiger partial charge in [-0.2, -0.15) is 0 Å². The monoisotopic (exact) mass is 350 g/mol. The molecule has 0 saturated heterocycles.